The topological polar surface area (TPSA) is 98.3 Å². The van der Waals surface area contributed by atoms with Gasteiger partial charge in [0.05, 0.1) is 28.2 Å². The average Bonchev–Trinajstić information content (AvgIpc) is 1.62. The molecule has 0 unspecified atom stereocenters. The van der Waals surface area contributed by atoms with Crippen molar-refractivity contribution in [1.82, 2.24) is 0 Å². The zero-order chi connectivity index (χ0) is 9.91. The van der Waals surface area contributed by atoms with Crippen LogP contribution in [0.1, 0.15) is 0 Å². The van der Waals surface area contributed by atoms with Crippen LogP contribution in [-0.2, 0) is 17.8 Å². The second-order valence-electron chi connectivity index (χ2n) is 2.85. The summed E-state index contributed by atoms with van der Waals surface area (Å²) >= 11 is 0. The SMILES string of the molecule is C[N+](C)(C)C.O=[Si]=O.O=[Si]=O.[OH-]. The lowest BCUT2D eigenvalue weighted by atomic mass is 10.8. The van der Waals surface area contributed by atoms with Crippen LogP contribution in [0.15, 0.2) is 0 Å². The zero-order valence-corrected chi connectivity index (χ0v) is 9.53. The van der Waals surface area contributed by atoms with Gasteiger partial charge in [-0.25, -0.2) is 0 Å². The Balaban J connectivity index is -0.0000000406. The molecule has 0 amide bonds. The maximum absolute atomic E-state index is 8.40. The lowest BCUT2D eigenvalue weighted by molar-refractivity contribution is -0.849. The number of nitrogens with zero attached hydrogens (tertiary/aromatic N) is 1. The molecule has 0 saturated heterocycles. The van der Waals surface area contributed by atoms with E-state index in [2.05, 4.69) is 28.2 Å². The highest BCUT2D eigenvalue weighted by molar-refractivity contribution is 5.95. The van der Waals surface area contributed by atoms with Gasteiger partial charge in [-0.2, -0.15) is 0 Å². The second kappa shape index (κ2) is 16.9. The highest BCUT2D eigenvalue weighted by Crippen LogP contribution is 1.73. The van der Waals surface area contributed by atoms with E-state index in [4.69, 9.17) is 17.8 Å². The van der Waals surface area contributed by atoms with E-state index in [-0.39, 0.29) is 5.48 Å². The van der Waals surface area contributed by atoms with E-state index < -0.39 is 18.6 Å². The zero-order valence-electron chi connectivity index (χ0n) is 7.53. The van der Waals surface area contributed by atoms with Crippen molar-refractivity contribution in [2.75, 3.05) is 28.2 Å². The summed E-state index contributed by atoms with van der Waals surface area (Å²) in [5, 5.41) is 0. The molecule has 0 aromatic carbocycles. The standard InChI is InChI=1S/C4H12N.2O2Si.H2O/c1-5(2,3)4;2*1-3-2;/h1-4H3;;;1H2/q+1;;;/p-1. The Morgan fingerprint density at radius 2 is 0.750 bits per heavy atom. The molecule has 0 heterocycles. The minimum atomic E-state index is -1.42. The van der Waals surface area contributed by atoms with Crippen molar-refractivity contribution >= 4 is 18.6 Å². The van der Waals surface area contributed by atoms with E-state index in [1.807, 2.05) is 0 Å². The molecule has 0 aromatic heterocycles. The van der Waals surface area contributed by atoms with E-state index in [0.717, 1.165) is 4.48 Å². The fourth-order valence-electron chi connectivity index (χ4n) is 0. The van der Waals surface area contributed by atoms with E-state index in [1.54, 1.807) is 0 Å². The van der Waals surface area contributed by atoms with Gasteiger partial charge in [0.2, 0.25) is 0 Å². The van der Waals surface area contributed by atoms with Gasteiger partial charge >= 0.3 is 18.6 Å². The Labute approximate surface area is 75.4 Å². The molecule has 72 valence electrons. The molecular weight excluding hydrogens is 198 g/mol. The highest BCUT2D eigenvalue weighted by Gasteiger charge is 1.88. The summed E-state index contributed by atoms with van der Waals surface area (Å²) in [6, 6.07) is 0. The number of hydrogen-bond acceptors (Lipinski definition) is 5. The third-order valence-corrected chi connectivity index (χ3v) is 0. The first kappa shape index (κ1) is 22.6. The Morgan fingerprint density at radius 1 is 0.750 bits per heavy atom. The minimum absolute atomic E-state index is 0. The lowest BCUT2D eigenvalue weighted by Gasteiger charge is -2.14. The lowest BCUT2D eigenvalue weighted by Crippen LogP contribution is -2.27. The van der Waals surface area contributed by atoms with Crippen molar-refractivity contribution in [2.45, 2.75) is 0 Å². The molecule has 0 bridgehead atoms. The van der Waals surface area contributed by atoms with Gasteiger partial charge in [-0.3, -0.25) is 17.8 Å². The summed E-state index contributed by atoms with van der Waals surface area (Å²) in [7, 11) is 5.67. The summed E-state index contributed by atoms with van der Waals surface area (Å²) in [6.07, 6.45) is 0. The molecule has 0 rings (SSSR count). The van der Waals surface area contributed by atoms with Crippen molar-refractivity contribution in [3.8, 4) is 0 Å². The predicted molar refractivity (Wildman–Crippen MR) is 40.1 cm³/mol. The summed E-state index contributed by atoms with van der Waals surface area (Å²) < 4.78 is 34.6. The van der Waals surface area contributed by atoms with Crippen LogP contribution in [0.2, 0.25) is 0 Å². The number of hydrogen-bond donors (Lipinski definition) is 0. The van der Waals surface area contributed by atoms with E-state index >= 15 is 0 Å². The Kier molecular flexibility index (Phi) is 31.7. The molecule has 1 N–H and O–H groups in total. The first-order chi connectivity index (χ1) is 4.83. The maximum atomic E-state index is 8.40. The number of quaternary nitrogens is 1. The van der Waals surface area contributed by atoms with Crippen LogP contribution in [0.3, 0.4) is 0 Å². The highest BCUT2D eigenvalue weighted by atomic mass is 28.2. The molecule has 0 fully saturated rings. The van der Waals surface area contributed by atoms with E-state index in [0.29, 0.717) is 0 Å². The summed E-state index contributed by atoms with van der Waals surface area (Å²) in [5.74, 6) is 0. The van der Waals surface area contributed by atoms with Crippen molar-refractivity contribution in [2.24, 2.45) is 0 Å². The Morgan fingerprint density at radius 3 is 0.750 bits per heavy atom. The fraction of sp³-hybridized carbons (Fsp3) is 1.00. The molecule has 0 aliphatic rings. The minimum Gasteiger partial charge on any atom is -0.870 e. The van der Waals surface area contributed by atoms with Gasteiger partial charge in [0.25, 0.3) is 0 Å². The van der Waals surface area contributed by atoms with Crippen LogP contribution in [0.25, 0.3) is 0 Å². The van der Waals surface area contributed by atoms with E-state index in [9.17, 15) is 0 Å². The van der Waals surface area contributed by atoms with Gasteiger partial charge in [-0.15, -0.1) is 0 Å². The molecule has 0 atom stereocenters. The van der Waals surface area contributed by atoms with Crippen molar-refractivity contribution in [3.05, 3.63) is 0 Å². The molecule has 0 radical (unpaired) electrons. The van der Waals surface area contributed by atoms with Crippen molar-refractivity contribution in [3.63, 3.8) is 0 Å². The van der Waals surface area contributed by atoms with Crippen LogP contribution < -0.4 is 0 Å². The largest absolute Gasteiger partial charge is 0.870 e. The quantitative estimate of drug-likeness (QED) is 0.374. The first-order valence-electron chi connectivity index (χ1n) is 2.61. The van der Waals surface area contributed by atoms with Crippen LogP contribution in [-0.4, -0.2) is 56.7 Å². The third-order valence-electron chi connectivity index (χ3n) is 0. The molecule has 0 saturated carbocycles. The van der Waals surface area contributed by atoms with Gasteiger partial charge in [-0.05, 0) is 0 Å². The summed E-state index contributed by atoms with van der Waals surface area (Å²) in [4.78, 5) is 0. The summed E-state index contributed by atoms with van der Waals surface area (Å²) in [5.41, 5.74) is 0. The van der Waals surface area contributed by atoms with Gasteiger partial charge < -0.3 is 9.96 Å². The molecule has 0 aliphatic heterocycles. The predicted octanol–water partition coefficient (Wildman–Crippen LogP) is -1.09. The molecule has 6 nitrogen and oxygen atoms in total. The molecule has 8 heteroatoms. The first-order valence-corrected chi connectivity index (χ1v) is 4.24. The summed E-state index contributed by atoms with van der Waals surface area (Å²) in [6.45, 7) is 0. The van der Waals surface area contributed by atoms with E-state index in [1.165, 1.54) is 0 Å². The second-order valence-corrected chi connectivity index (χ2v) is 3.18. The Bertz CT molecular complexity index is 124. The van der Waals surface area contributed by atoms with Crippen LogP contribution in [0.5, 0.6) is 0 Å². The van der Waals surface area contributed by atoms with Crippen LogP contribution in [0, 0.1) is 0 Å². The molecule has 0 spiro atoms. The number of rotatable bonds is 0. The third kappa shape index (κ3) is 3510. The smallest absolute Gasteiger partial charge is 0.549 e. The normalized spacial score (nSPS) is 6.33. The van der Waals surface area contributed by atoms with Crippen molar-refractivity contribution < 1.29 is 27.8 Å². The van der Waals surface area contributed by atoms with Crippen LogP contribution >= 0.6 is 0 Å². The molecule has 0 aliphatic carbocycles. The Hall–Kier alpha value is -0.446. The maximum Gasteiger partial charge on any atom is 0.549 e. The van der Waals surface area contributed by atoms with Gasteiger partial charge in [0.15, 0.2) is 0 Å². The van der Waals surface area contributed by atoms with Crippen LogP contribution in [0.4, 0.5) is 0 Å². The van der Waals surface area contributed by atoms with Crippen molar-refractivity contribution in [1.29, 1.82) is 0 Å². The molecule has 12 heavy (non-hydrogen) atoms. The van der Waals surface area contributed by atoms with Gasteiger partial charge in [0, 0.05) is 0 Å². The molecular formula is C4H13NO5Si2. The van der Waals surface area contributed by atoms with Gasteiger partial charge in [0.1, 0.15) is 0 Å². The monoisotopic (exact) mass is 211 g/mol. The fourth-order valence-corrected chi connectivity index (χ4v) is 0. The molecule has 0 aromatic rings. The van der Waals surface area contributed by atoms with Gasteiger partial charge in [-0.1, -0.05) is 0 Å². The average molecular weight is 211 g/mol.